The highest BCUT2D eigenvalue weighted by Gasteiger charge is 2.41. The molecule has 1 N–H and O–H groups in total. The van der Waals surface area contributed by atoms with E-state index in [0.29, 0.717) is 5.41 Å². The molecule has 2 rings (SSSR count). The van der Waals surface area contributed by atoms with E-state index in [9.17, 15) is 0 Å². The Labute approximate surface area is 134 Å². The average molecular weight is 309 g/mol. The summed E-state index contributed by atoms with van der Waals surface area (Å²) in [5, 5.41) is 5.19. The van der Waals surface area contributed by atoms with E-state index in [1.165, 1.54) is 47.7 Å². The van der Waals surface area contributed by atoms with Crippen molar-refractivity contribution in [1.82, 2.24) is 10.3 Å². The first kappa shape index (κ1) is 17.0. The molecule has 0 unspecified atom stereocenters. The zero-order valence-electron chi connectivity index (χ0n) is 14.7. The molecule has 1 aliphatic carbocycles. The summed E-state index contributed by atoms with van der Waals surface area (Å²) in [6.45, 7) is 14.9. The molecule has 0 aromatic carbocycles. The molecule has 0 bridgehead atoms. The van der Waals surface area contributed by atoms with Gasteiger partial charge in [0.15, 0.2) is 0 Å². The molecule has 21 heavy (non-hydrogen) atoms. The predicted molar refractivity (Wildman–Crippen MR) is 93.0 cm³/mol. The Morgan fingerprint density at radius 3 is 2.29 bits per heavy atom. The summed E-state index contributed by atoms with van der Waals surface area (Å²) < 4.78 is 0. The number of hydrogen-bond donors (Lipinski definition) is 1. The van der Waals surface area contributed by atoms with Gasteiger partial charge in [-0.2, -0.15) is 0 Å². The quantitative estimate of drug-likeness (QED) is 0.828. The fraction of sp³-hybridized carbons (Fsp3) is 0.833. The number of nitrogens with one attached hydrogen (secondary N) is 1. The van der Waals surface area contributed by atoms with E-state index in [1.807, 2.05) is 11.3 Å². The molecule has 3 heteroatoms. The standard InChI is InChI=1S/C18H32N2S/c1-7-12-19-18(16-20-13(2)14(3)21-16)10-8-15(9-11-18)17(4,5)6/h15,19H,7-12H2,1-6H3. The van der Waals surface area contributed by atoms with Crippen LogP contribution in [-0.4, -0.2) is 11.5 Å². The lowest BCUT2D eigenvalue weighted by atomic mass is 9.67. The lowest BCUT2D eigenvalue weighted by Crippen LogP contribution is -2.46. The van der Waals surface area contributed by atoms with Crippen LogP contribution in [0, 0.1) is 25.2 Å². The Bertz CT molecular complexity index is 443. The van der Waals surface area contributed by atoms with Gasteiger partial charge in [-0.25, -0.2) is 4.98 Å². The molecule has 2 nitrogen and oxygen atoms in total. The van der Waals surface area contributed by atoms with Gasteiger partial charge in [-0.15, -0.1) is 11.3 Å². The highest BCUT2D eigenvalue weighted by atomic mass is 32.1. The Morgan fingerprint density at radius 1 is 1.24 bits per heavy atom. The largest absolute Gasteiger partial charge is 0.305 e. The third-order valence-electron chi connectivity index (χ3n) is 5.22. The summed E-state index contributed by atoms with van der Waals surface area (Å²) in [6, 6.07) is 0. The third-order valence-corrected chi connectivity index (χ3v) is 6.49. The summed E-state index contributed by atoms with van der Waals surface area (Å²) in [7, 11) is 0. The van der Waals surface area contributed by atoms with Crippen molar-refractivity contribution < 1.29 is 0 Å². The first-order valence-corrected chi connectivity index (χ1v) is 9.29. The normalized spacial score (nSPS) is 27.0. The van der Waals surface area contributed by atoms with Crippen molar-refractivity contribution in [1.29, 1.82) is 0 Å². The van der Waals surface area contributed by atoms with Gasteiger partial charge in [0.2, 0.25) is 0 Å². The van der Waals surface area contributed by atoms with Gasteiger partial charge in [0, 0.05) is 4.88 Å². The number of nitrogens with zero attached hydrogens (tertiary/aromatic N) is 1. The van der Waals surface area contributed by atoms with Crippen LogP contribution in [0.25, 0.3) is 0 Å². The summed E-state index contributed by atoms with van der Waals surface area (Å²) in [5.74, 6) is 0.844. The molecule has 120 valence electrons. The smallest absolute Gasteiger partial charge is 0.113 e. The zero-order valence-corrected chi connectivity index (χ0v) is 15.5. The Hall–Kier alpha value is -0.410. The van der Waals surface area contributed by atoms with E-state index in [4.69, 9.17) is 4.98 Å². The average Bonchev–Trinajstić information content (AvgIpc) is 2.76. The van der Waals surface area contributed by atoms with Crippen LogP contribution in [0.1, 0.15) is 75.4 Å². The van der Waals surface area contributed by atoms with Crippen LogP contribution in [0.5, 0.6) is 0 Å². The maximum Gasteiger partial charge on any atom is 0.113 e. The molecule has 1 saturated carbocycles. The molecule has 0 spiro atoms. The lowest BCUT2D eigenvalue weighted by molar-refractivity contribution is 0.113. The van der Waals surface area contributed by atoms with Gasteiger partial charge in [0.25, 0.3) is 0 Å². The number of aromatic nitrogens is 1. The van der Waals surface area contributed by atoms with Gasteiger partial charge < -0.3 is 5.32 Å². The van der Waals surface area contributed by atoms with Crippen LogP contribution < -0.4 is 5.32 Å². The molecule has 1 fully saturated rings. The summed E-state index contributed by atoms with van der Waals surface area (Å²) in [6.07, 6.45) is 6.30. The molecule has 0 aliphatic heterocycles. The third kappa shape index (κ3) is 3.68. The first-order chi connectivity index (χ1) is 9.78. The van der Waals surface area contributed by atoms with E-state index < -0.39 is 0 Å². The molecule has 0 amide bonds. The van der Waals surface area contributed by atoms with Crippen LogP contribution in [0.3, 0.4) is 0 Å². The molecule has 0 atom stereocenters. The number of rotatable bonds is 4. The van der Waals surface area contributed by atoms with Crippen LogP contribution in [-0.2, 0) is 5.54 Å². The van der Waals surface area contributed by atoms with Crippen molar-refractivity contribution in [2.45, 2.75) is 79.2 Å². The van der Waals surface area contributed by atoms with Gasteiger partial charge in [-0.1, -0.05) is 27.7 Å². The number of aryl methyl sites for hydroxylation is 2. The second-order valence-electron chi connectivity index (χ2n) is 7.81. The molecule has 0 saturated heterocycles. The van der Waals surface area contributed by atoms with Gasteiger partial charge in [-0.05, 0) is 63.8 Å². The molecular weight excluding hydrogens is 276 g/mol. The lowest BCUT2D eigenvalue weighted by Gasteiger charge is -2.43. The van der Waals surface area contributed by atoms with E-state index in [2.05, 4.69) is 46.9 Å². The van der Waals surface area contributed by atoms with Gasteiger partial charge in [-0.3, -0.25) is 0 Å². The maximum atomic E-state index is 4.90. The molecule has 1 aliphatic rings. The first-order valence-electron chi connectivity index (χ1n) is 8.48. The zero-order chi connectivity index (χ0) is 15.7. The Kier molecular flexibility index (Phi) is 5.15. The van der Waals surface area contributed by atoms with E-state index in [1.54, 1.807) is 0 Å². The minimum Gasteiger partial charge on any atom is -0.305 e. The summed E-state index contributed by atoms with van der Waals surface area (Å²) in [4.78, 5) is 6.28. The van der Waals surface area contributed by atoms with Crippen molar-refractivity contribution in [3.05, 3.63) is 15.6 Å². The van der Waals surface area contributed by atoms with Crippen molar-refractivity contribution in [3.8, 4) is 0 Å². The van der Waals surface area contributed by atoms with Crippen molar-refractivity contribution in [2.75, 3.05) is 6.54 Å². The predicted octanol–water partition coefficient (Wildman–Crippen LogP) is 5.19. The van der Waals surface area contributed by atoms with Gasteiger partial charge in [0.1, 0.15) is 5.01 Å². The summed E-state index contributed by atoms with van der Waals surface area (Å²) in [5.41, 5.74) is 1.79. The van der Waals surface area contributed by atoms with E-state index >= 15 is 0 Å². The monoisotopic (exact) mass is 308 g/mol. The minimum absolute atomic E-state index is 0.140. The van der Waals surface area contributed by atoms with Crippen LogP contribution in [0.4, 0.5) is 0 Å². The fourth-order valence-corrected chi connectivity index (χ4v) is 4.62. The summed E-state index contributed by atoms with van der Waals surface area (Å²) >= 11 is 1.91. The van der Waals surface area contributed by atoms with E-state index in [0.717, 1.165) is 12.5 Å². The minimum atomic E-state index is 0.140. The van der Waals surface area contributed by atoms with Crippen LogP contribution in [0.15, 0.2) is 0 Å². The highest BCUT2D eigenvalue weighted by Crippen LogP contribution is 2.46. The second-order valence-corrected chi connectivity index (χ2v) is 9.01. The second kappa shape index (κ2) is 6.37. The van der Waals surface area contributed by atoms with Gasteiger partial charge >= 0.3 is 0 Å². The SMILES string of the molecule is CCCNC1(c2nc(C)c(C)s2)CCC(C(C)(C)C)CC1. The van der Waals surface area contributed by atoms with Crippen molar-refractivity contribution >= 4 is 11.3 Å². The fourth-order valence-electron chi connectivity index (χ4n) is 3.48. The highest BCUT2D eigenvalue weighted by molar-refractivity contribution is 7.11. The van der Waals surface area contributed by atoms with Crippen LogP contribution in [0.2, 0.25) is 0 Å². The molecule has 1 heterocycles. The van der Waals surface area contributed by atoms with Crippen LogP contribution >= 0.6 is 11.3 Å². The molecule has 0 radical (unpaired) electrons. The van der Waals surface area contributed by atoms with Gasteiger partial charge in [0.05, 0.1) is 11.2 Å². The maximum absolute atomic E-state index is 4.90. The molecular formula is C18H32N2S. The Balaban J connectivity index is 2.20. The van der Waals surface area contributed by atoms with E-state index in [-0.39, 0.29) is 5.54 Å². The Morgan fingerprint density at radius 2 is 1.86 bits per heavy atom. The molecule has 1 aromatic rings. The number of thiazole rings is 1. The molecule has 1 aromatic heterocycles. The van der Waals surface area contributed by atoms with Crippen molar-refractivity contribution in [2.24, 2.45) is 11.3 Å². The van der Waals surface area contributed by atoms with Crippen molar-refractivity contribution in [3.63, 3.8) is 0 Å². The number of hydrogen-bond acceptors (Lipinski definition) is 3. The topological polar surface area (TPSA) is 24.9 Å².